The van der Waals surface area contributed by atoms with E-state index in [1.165, 1.54) is 9.75 Å². The van der Waals surface area contributed by atoms with Crippen molar-refractivity contribution in [1.29, 1.82) is 0 Å². The minimum atomic E-state index is 0.567. The summed E-state index contributed by atoms with van der Waals surface area (Å²) < 4.78 is 0. The molecule has 0 aliphatic heterocycles. The summed E-state index contributed by atoms with van der Waals surface area (Å²) >= 11 is 1.93. The number of nitrogens with one attached hydrogen (secondary N) is 1. The molecule has 0 fully saturated rings. The van der Waals surface area contributed by atoms with E-state index in [4.69, 9.17) is 0 Å². The van der Waals surface area contributed by atoms with Crippen molar-refractivity contribution in [3.63, 3.8) is 0 Å². The molecular formula is C14H26N2S. The van der Waals surface area contributed by atoms with E-state index in [2.05, 4.69) is 57.2 Å². The quantitative estimate of drug-likeness (QED) is 0.805. The number of hydrogen-bond acceptors (Lipinski definition) is 3. The average molecular weight is 254 g/mol. The first kappa shape index (κ1) is 14.7. The summed E-state index contributed by atoms with van der Waals surface area (Å²) in [5, 5.41) is 3.67. The molecule has 0 radical (unpaired) electrons. The number of rotatable bonds is 7. The molecule has 0 aliphatic carbocycles. The Balaban J connectivity index is 2.45. The van der Waals surface area contributed by atoms with Crippen molar-refractivity contribution in [1.82, 2.24) is 10.2 Å². The summed E-state index contributed by atoms with van der Waals surface area (Å²) in [7, 11) is 4.27. The topological polar surface area (TPSA) is 15.3 Å². The third kappa shape index (κ3) is 5.19. The van der Waals surface area contributed by atoms with Gasteiger partial charge in [-0.1, -0.05) is 20.8 Å². The molecule has 1 N–H and O–H groups in total. The zero-order valence-electron chi connectivity index (χ0n) is 11.8. The highest BCUT2D eigenvalue weighted by molar-refractivity contribution is 7.11. The van der Waals surface area contributed by atoms with Gasteiger partial charge in [-0.2, -0.15) is 0 Å². The van der Waals surface area contributed by atoms with Crippen LogP contribution in [0.5, 0.6) is 0 Å². The maximum atomic E-state index is 3.67. The molecule has 0 aliphatic rings. The monoisotopic (exact) mass is 254 g/mol. The van der Waals surface area contributed by atoms with Crippen LogP contribution in [0.2, 0.25) is 0 Å². The first-order chi connectivity index (χ1) is 8.02. The zero-order valence-corrected chi connectivity index (χ0v) is 12.6. The Morgan fingerprint density at radius 3 is 2.35 bits per heavy atom. The third-order valence-corrected chi connectivity index (χ3v) is 4.20. The number of nitrogens with zero attached hydrogens (tertiary/aromatic N) is 1. The summed E-state index contributed by atoms with van der Waals surface area (Å²) in [4.78, 5) is 5.19. The molecule has 1 atom stereocenters. The predicted octanol–water partition coefficient (Wildman–Crippen LogP) is 2.99. The van der Waals surface area contributed by atoms with Crippen molar-refractivity contribution < 1.29 is 0 Å². The second-order valence-corrected chi connectivity index (χ2v) is 6.47. The highest BCUT2D eigenvalue weighted by atomic mass is 32.1. The highest BCUT2D eigenvalue weighted by Crippen LogP contribution is 2.17. The molecule has 0 saturated heterocycles. The molecule has 3 heteroatoms. The number of thiophene rings is 1. The molecule has 0 saturated carbocycles. The summed E-state index contributed by atoms with van der Waals surface area (Å²) in [5.74, 6) is 0.669. The number of hydrogen-bond donors (Lipinski definition) is 1. The van der Waals surface area contributed by atoms with Crippen LogP contribution in [0.3, 0.4) is 0 Å². The van der Waals surface area contributed by atoms with Crippen LogP contribution in [0.1, 0.15) is 30.5 Å². The molecule has 1 heterocycles. The Bertz CT molecular complexity index is 318. The van der Waals surface area contributed by atoms with Gasteiger partial charge in [-0.05, 0) is 38.6 Å². The molecule has 98 valence electrons. The Morgan fingerprint density at radius 2 is 1.88 bits per heavy atom. The van der Waals surface area contributed by atoms with E-state index in [0.717, 1.165) is 19.5 Å². The van der Waals surface area contributed by atoms with Crippen LogP contribution in [0.25, 0.3) is 0 Å². The molecule has 0 amide bonds. The summed E-state index contributed by atoms with van der Waals surface area (Å²) in [6, 6.07) is 5.07. The fourth-order valence-electron chi connectivity index (χ4n) is 1.84. The molecular weight excluding hydrogens is 228 g/mol. The molecule has 17 heavy (non-hydrogen) atoms. The average Bonchev–Trinajstić information content (AvgIpc) is 2.71. The van der Waals surface area contributed by atoms with Gasteiger partial charge in [-0.3, -0.25) is 0 Å². The lowest BCUT2D eigenvalue weighted by Crippen LogP contribution is -2.41. The first-order valence-electron chi connectivity index (χ1n) is 6.48. The van der Waals surface area contributed by atoms with Crippen LogP contribution in [-0.4, -0.2) is 31.6 Å². The fraction of sp³-hybridized carbons (Fsp3) is 0.714. The summed E-state index contributed by atoms with van der Waals surface area (Å²) in [6.45, 7) is 8.89. The zero-order chi connectivity index (χ0) is 12.8. The molecule has 1 rings (SSSR count). The van der Waals surface area contributed by atoms with Gasteiger partial charge in [0.1, 0.15) is 0 Å². The van der Waals surface area contributed by atoms with E-state index in [-0.39, 0.29) is 0 Å². The molecule has 0 spiro atoms. The van der Waals surface area contributed by atoms with Crippen molar-refractivity contribution in [3.8, 4) is 0 Å². The van der Waals surface area contributed by atoms with Gasteiger partial charge in [0.15, 0.2) is 0 Å². The van der Waals surface area contributed by atoms with Crippen LogP contribution in [0, 0.1) is 5.92 Å². The highest BCUT2D eigenvalue weighted by Gasteiger charge is 2.13. The van der Waals surface area contributed by atoms with E-state index >= 15 is 0 Å². The Hall–Kier alpha value is -0.380. The van der Waals surface area contributed by atoms with Crippen LogP contribution < -0.4 is 5.32 Å². The van der Waals surface area contributed by atoms with Crippen LogP contribution in [0.15, 0.2) is 12.1 Å². The van der Waals surface area contributed by atoms with Crippen LogP contribution in [-0.2, 0) is 13.0 Å². The second-order valence-electron chi connectivity index (χ2n) is 5.22. The lowest BCUT2D eigenvalue weighted by molar-refractivity contribution is 0.288. The van der Waals surface area contributed by atoms with Gasteiger partial charge in [0.05, 0.1) is 0 Å². The van der Waals surface area contributed by atoms with E-state index in [1.807, 2.05) is 11.3 Å². The lowest BCUT2D eigenvalue weighted by Gasteiger charge is -2.25. The van der Waals surface area contributed by atoms with Gasteiger partial charge in [0.25, 0.3) is 0 Å². The van der Waals surface area contributed by atoms with Gasteiger partial charge in [-0.25, -0.2) is 0 Å². The number of likely N-dealkylation sites (N-methyl/N-ethyl adjacent to an activating group) is 1. The van der Waals surface area contributed by atoms with Gasteiger partial charge in [-0.15, -0.1) is 11.3 Å². The van der Waals surface area contributed by atoms with Gasteiger partial charge < -0.3 is 10.2 Å². The molecule has 1 unspecified atom stereocenters. The second kappa shape index (κ2) is 7.14. The van der Waals surface area contributed by atoms with Crippen molar-refractivity contribution in [2.75, 3.05) is 20.6 Å². The smallest absolute Gasteiger partial charge is 0.0303 e. The van der Waals surface area contributed by atoms with Gasteiger partial charge in [0.2, 0.25) is 0 Å². The summed E-state index contributed by atoms with van der Waals surface area (Å²) in [6.07, 6.45) is 1.15. The maximum Gasteiger partial charge on any atom is 0.0303 e. The van der Waals surface area contributed by atoms with Gasteiger partial charge in [0, 0.05) is 28.9 Å². The van der Waals surface area contributed by atoms with Crippen molar-refractivity contribution in [2.24, 2.45) is 5.92 Å². The van der Waals surface area contributed by atoms with E-state index in [1.54, 1.807) is 0 Å². The fourth-order valence-corrected chi connectivity index (χ4v) is 2.75. The molecule has 2 nitrogen and oxygen atoms in total. The Kier molecular flexibility index (Phi) is 6.17. The van der Waals surface area contributed by atoms with Crippen LogP contribution >= 0.6 is 11.3 Å². The van der Waals surface area contributed by atoms with E-state index < -0.39 is 0 Å². The largest absolute Gasteiger partial charge is 0.308 e. The molecule has 1 aromatic heterocycles. The predicted molar refractivity (Wildman–Crippen MR) is 77.7 cm³/mol. The normalized spacial score (nSPS) is 13.6. The standard InChI is InChI=1S/C14H26N2S/c1-6-12-7-8-13(17-12)9-15-14(11(2)3)10-16(4)5/h7-8,11,14-15H,6,9-10H2,1-5H3. The maximum absolute atomic E-state index is 3.67. The summed E-state index contributed by atoms with van der Waals surface area (Å²) in [5.41, 5.74) is 0. The SMILES string of the molecule is CCc1ccc(CNC(CN(C)C)C(C)C)s1. The molecule has 0 bridgehead atoms. The van der Waals surface area contributed by atoms with Crippen LogP contribution in [0.4, 0.5) is 0 Å². The minimum absolute atomic E-state index is 0.567. The molecule has 1 aromatic rings. The molecule has 0 aromatic carbocycles. The minimum Gasteiger partial charge on any atom is -0.308 e. The van der Waals surface area contributed by atoms with Crippen molar-refractivity contribution >= 4 is 11.3 Å². The van der Waals surface area contributed by atoms with Crippen molar-refractivity contribution in [3.05, 3.63) is 21.9 Å². The Labute approximate surface area is 110 Å². The third-order valence-electron chi connectivity index (χ3n) is 2.97. The van der Waals surface area contributed by atoms with E-state index in [0.29, 0.717) is 12.0 Å². The first-order valence-corrected chi connectivity index (χ1v) is 7.30. The Morgan fingerprint density at radius 1 is 1.24 bits per heavy atom. The van der Waals surface area contributed by atoms with E-state index in [9.17, 15) is 0 Å². The van der Waals surface area contributed by atoms with Crippen molar-refractivity contribution in [2.45, 2.75) is 39.8 Å². The van der Waals surface area contributed by atoms with Gasteiger partial charge >= 0.3 is 0 Å². The number of aryl methyl sites for hydroxylation is 1. The lowest BCUT2D eigenvalue weighted by atomic mass is 10.0.